The van der Waals surface area contributed by atoms with Crippen LogP contribution in [0.4, 0.5) is 5.69 Å². The van der Waals surface area contributed by atoms with Crippen LogP contribution in [0.25, 0.3) is 5.57 Å². The van der Waals surface area contributed by atoms with E-state index in [0.29, 0.717) is 16.6 Å². The number of fused-ring (bicyclic) bond motifs is 1. The zero-order chi connectivity index (χ0) is 19.1. The molecule has 1 aliphatic heterocycles. The Morgan fingerprint density at radius 3 is 2.46 bits per heavy atom. The number of carbonyl (C=O) groups is 1. The van der Waals surface area contributed by atoms with Crippen LogP contribution in [0.5, 0.6) is 5.75 Å². The van der Waals surface area contributed by atoms with Crippen LogP contribution in [0.2, 0.25) is 10.0 Å². The zero-order valence-electron chi connectivity index (χ0n) is 15.3. The number of rotatable bonds is 3. The van der Waals surface area contributed by atoms with Gasteiger partial charge in [-0.25, -0.2) is 0 Å². The number of esters is 1. The van der Waals surface area contributed by atoms with Gasteiger partial charge in [0.1, 0.15) is 0 Å². The average molecular weight is 390 g/mol. The van der Waals surface area contributed by atoms with Crippen molar-refractivity contribution in [1.82, 2.24) is 0 Å². The molecular formula is C21H21Cl2NO2. The predicted molar refractivity (Wildman–Crippen MR) is 108 cm³/mol. The van der Waals surface area contributed by atoms with Crippen molar-refractivity contribution in [3.8, 4) is 5.75 Å². The molecule has 3 rings (SSSR count). The lowest BCUT2D eigenvalue weighted by molar-refractivity contribution is -0.131. The van der Waals surface area contributed by atoms with Crippen molar-refractivity contribution >= 4 is 40.4 Å². The van der Waals surface area contributed by atoms with Gasteiger partial charge in [0, 0.05) is 24.7 Å². The number of nitrogens with zero attached hydrogens (tertiary/aromatic N) is 1. The van der Waals surface area contributed by atoms with Gasteiger partial charge in [-0.2, -0.15) is 0 Å². The molecule has 136 valence electrons. The minimum Gasteiger partial charge on any atom is -0.423 e. The van der Waals surface area contributed by atoms with Crippen molar-refractivity contribution in [3.05, 3.63) is 63.6 Å². The number of benzene rings is 2. The van der Waals surface area contributed by atoms with E-state index in [-0.39, 0.29) is 11.3 Å². The van der Waals surface area contributed by atoms with Gasteiger partial charge in [0.2, 0.25) is 0 Å². The van der Waals surface area contributed by atoms with Crippen LogP contribution < -0.4 is 9.64 Å². The van der Waals surface area contributed by atoms with Gasteiger partial charge in [-0.05, 0) is 38.0 Å². The molecule has 0 atom stereocenters. The fourth-order valence-electron chi connectivity index (χ4n) is 3.46. The second-order valence-electron chi connectivity index (χ2n) is 7.04. The Kier molecular flexibility index (Phi) is 5.05. The highest BCUT2D eigenvalue weighted by Crippen LogP contribution is 2.49. The zero-order valence-corrected chi connectivity index (χ0v) is 16.8. The number of carbonyl (C=O) groups excluding carboxylic acids is 1. The third kappa shape index (κ3) is 3.46. The summed E-state index contributed by atoms with van der Waals surface area (Å²) >= 11 is 13.0. The maximum Gasteiger partial charge on any atom is 0.308 e. The van der Waals surface area contributed by atoms with Crippen LogP contribution in [0, 0.1) is 0 Å². The summed E-state index contributed by atoms with van der Waals surface area (Å²) in [6.45, 7) is 8.37. The Bertz CT molecular complexity index is 889. The highest BCUT2D eigenvalue weighted by Gasteiger charge is 2.34. The summed E-state index contributed by atoms with van der Waals surface area (Å²) in [6, 6.07) is 12.1. The lowest BCUT2D eigenvalue weighted by Gasteiger charge is -2.44. The van der Waals surface area contributed by atoms with E-state index in [9.17, 15) is 4.79 Å². The first kappa shape index (κ1) is 18.8. The van der Waals surface area contributed by atoms with E-state index in [1.165, 1.54) is 12.5 Å². The van der Waals surface area contributed by atoms with Gasteiger partial charge in [-0.1, -0.05) is 59.6 Å². The van der Waals surface area contributed by atoms with Gasteiger partial charge in [0.15, 0.2) is 5.75 Å². The first-order chi connectivity index (χ1) is 12.2. The number of allylic oxidation sites excluding steroid dienone is 1. The van der Waals surface area contributed by atoms with E-state index in [2.05, 4.69) is 37.0 Å². The molecular weight excluding hydrogens is 369 g/mol. The Morgan fingerprint density at radius 1 is 1.19 bits per heavy atom. The molecule has 0 N–H and O–H groups in total. The molecule has 1 heterocycles. The molecule has 26 heavy (non-hydrogen) atoms. The fraction of sp³-hybridized carbons (Fsp3) is 0.286. The second kappa shape index (κ2) is 6.98. The third-order valence-corrected chi connectivity index (χ3v) is 5.18. The first-order valence-electron chi connectivity index (χ1n) is 8.42. The van der Waals surface area contributed by atoms with Gasteiger partial charge in [0.25, 0.3) is 0 Å². The standard InChI is InChI=1S/C21H21Cl2NO2/c1-13-11-21(3,4)24(12-15-8-6-5-7-9-15)17-10-16(22)20(26-14(2)25)19(23)18(13)17/h5-11H,12H2,1-4H3. The maximum absolute atomic E-state index is 11.4. The number of anilines is 1. The summed E-state index contributed by atoms with van der Waals surface area (Å²) < 4.78 is 5.25. The van der Waals surface area contributed by atoms with Crippen LogP contribution in [0.1, 0.15) is 38.8 Å². The Morgan fingerprint density at radius 2 is 1.85 bits per heavy atom. The van der Waals surface area contributed by atoms with E-state index in [0.717, 1.165) is 16.8 Å². The smallest absolute Gasteiger partial charge is 0.308 e. The molecule has 0 radical (unpaired) electrons. The summed E-state index contributed by atoms with van der Waals surface area (Å²) in [5.74, 6) is -0.237. The Hall–Kier alpha value is -1.97. The van der Waals surface area contributed by atoms with E-state index in [1.807, 2.05) is 31.2 Å². The van der Waals surface area contributed by atoms with Crippen molar-refractivity contribution in [3.63, 3.8) is 0 Å². The number of halogens is 2. The summed E-state index contributed by atoms with van der Waals surface area (Å²) in [4.78, 5) is 13.7. The number of hydrogen-bond donors (Lipinski definition) is 0. The monoisotopic (exact) mass is 389 g/mol. The summed E-state index contributed by atoms with van der Waals surface area (Å²) in [5.41, 5.74) is 3.79. The average Bonchev–Trinajstić information content (AvgIpc) is 2.55. The Labute approximate surface area is 164 Å². The van der Waals surface area contributed by atoms with Gasteiger partial charge in [-0.15, -0.1) is 0 Å². The molecule has 0 spiro atoms. The van der Waals surface area contributed by atoms with E-state index < -0.39 is 5.97 Å². The third-order valence-electron chi connectivity index (χ3n) is 4.54. The molecule has 0 unspecified atom stereocenters. The largest absolute Gasteiger partial charge is 0.423 e. The number of hydrogen-bond acceptors (Lipinski definition) is 3. The first-order valence-corrected chi connectivity index (χ1v) is 9.18. The molecule has 0 amide bonds. The SMILES string of the molecule is CC(=O)Oc1c(Cl)cc2c(c1Cl)C(C)=CC(C)(C)N2Cc1ccccc1. The van der Waals surface area contributed by atoms with E-state index in [4.69, 9.17) is 27.9 Å². The van der Waals surface area contributed by atoms with Gasteiger partial charge >= 0.3 is 5.97 Å². The van der Waals surface area contributed by atoms with Crippen LogP contribution >= 0.6 is 23.2 Å². The van der Waals surface area contributed by atoms with Crippen molar-refractivity contribution in [1.29, 1.82) is 0 Å². The molecule has 2 aromatic rings. The van der Waals surface area contributed by atoms with Crippen LogP contribution in [-0.2, 0) is 11.3 Å². The van der Waals surface area contributed by atoms with Gasteiger partial charge in [0.05, 0.1) is 15.6 Å². The molecule has 0 bridgehead atoms. The topological polar surface area (TPSA) is 29.5 Å². The minimum atomic E-state index is -0.451. The molecule has 0 saturated carbocycles. The molecule has 0 aliphatic carbocycles. The molecule has 2 aromatic carbocycles. The molecule has 0 saturated heterocycles. The van der Waals surface area contributed by atoms with Gasteiger partial charge in [-0.3, -0.25) is 4.79 Å². The van der Waals surface area contributed by atoms with Crippen molar-refractivity contribution in [2.75, 3.05) is 4.90 Å². The number of ether oxygens (including phenoxy) is 1. The molecule has 3 nitrogen and oxygen atoms in total. The molecule has 1 aliphatic rings. The normalized spacial score (nSPS) is 15.3. The highest BCUT2D eigenvalue weighted by molar-refractivity contribution is 6.39. The van der Waals surface area contributed by atoms with Crippen LogP contribution in [0.3, 0.4) is 0 Å². The van der Waals surface area contributed by atoms with Crippen molar-refractivity contribution in [2.45, 2.75) is 39.8 Å². The van der Waals surface area contributed by atoms with Crippen molar-refractivity contribution in [2.24, 2.45) is 0 Å². The quantitative estimate of drug-likeness (QED) is 0.467. The molecule has 0 fully saturated rings. The van der Waals surface area contributed by atoms with Gasteiger partial charge < -0.3 is 9.64 Å². The molecule has 0 aromatic heterocycles. The summed E-state index contributed by atoms with van der Waals surface area (Å²) in [6.07, 6.45) is 2.18. The Balaban J connectivity index is 2.16. The van der Waals surface area contributed by atoms with Crippen LogP contribution in [-0.4, -0.2) is 11.5 Å². The summed E-state index contributed by atoms with van der Waals surface area (Å²) in [7, 11) is 0. The van der Waals surface area contributed by atoms with E-state index in [1.54, 1.807) is 0 Å². The predicted octanol–water partition coefficient (Wildman–Crippen LogP) is 6.12. The fourth-order valence-corrected chi connectivity index (χ4v) is 4.13. The van der Waals surface area contributed by atoms with Crippen LogP contribution in [0.15, 0.2) is 42.5 Å². The lowest BCUT2D eigenvalue weighted by Crippen LogP contribution is -2.44. The molecule has 5 heteroatoms. The van der Waals surface area contributed by atoms with E-state index >= 15 is 0 Å². The second-order valence-corrected chi connectivity index (χ2v) is 7.83. The lowest BCUT2D eigenvalue weighted by atomic mass is 9.88. The minimum absolute atomic E-state index is 0.215. The summed E-state index contributed by atoms with van der Waals surface area (Å²) in [5, 5.41) is 0.692. The highest BCUT2D eigenvalue weighted by atomic mass is 35.5. The maximum atomic E-state index is 11.4. The van der Waals surface area contributed by atoms with Crippen molar-refractivity contribution < 1.29 is 9.53 Å².